The molecule has 1 aliphatic rings. The van der Waals surface area contributed by atoms with Gasteiger partial charge < -0.3 is 10.4 Å². The summed E-state index contributed by atoms with van der Waals surface area (Å²) < 4.78 is 26.4. The Balaban J connectivity index is 2.12. The second-order valence-corrected chi connectivity index (χ2v) is 7.46. The van der Waals surface area contributed by atoms with E-state index in [1.165, 1.54) is 35.5 Å². The lowest BCUT2D eigenvalue weighted by molar-refractivity contribution is -0.138. The van der Waals surface area contributed by atoms with Gasteiger partial charge in [-0.2, -0.15) is 4.31 Å². The van der Waals surface area contributed by atoms with Crippen LogP contribution in [0, 0.1) is 0 Å². The number of nitrogens with zero attached hydrogens (tertiary/aromatic N) is 1. The quantitative estimate of drug-likeness (QED) is 0.834. The number of benzene rings is 1. The van der Waals surface area contributed by atoms with E-state index in [4.69, 9.17) is 5.11 Å². The van der Waals surface area contributed by atoms with E-state index in [2.05, 4.69) is 5.32 Å². The lowest BCUT2D eigenvalue weighted by Crippen LogP contribution is -2.38. The molecule has 1 fully saturated rings. The van der Waals surface area contributed by atoms with Gasteiger partial charge in [-0.1, -0.05) is 6.42 Å². The van der Waals surface area contributed by atoms with E-state index in [0.29, 0.717) is 13.1 Å². The summed E-state index contributed by atoms with van der Waals surface area (Å²) in [4.78, 5) is 22.8. The second-order valence-electron chi connectivity index (χ2n) is 5.52. The maximum atomic E-state index is 12.5. The molecule has 0 aliphatic carbocycles. The van der Waals surface area contributed by atoms with Crippen LogP contribution in [0.4, 0.5) is 0 Å². The second kappa shape index (κ2) is 7.10. The smallest absolute Gasteiger partial charge is 0.325 e. The van der Waals surface area contributed by atoms with Crippen LogP contribution in [-0.2, 0) is 14.8 Å². The Morgan fingerprint density at radius 3 is 2.22 bits per heavy atom. The number of carbonyl (C=O) groups is 2. The third-order valence-electron chi connectivity index (χ3n) is 3.79. The van der Waals surface area contributed by atoms with Gasteiger partial charge in [0.15, 0.2) is 0 Å². The molecule has 1 aromatic carbocycles. The number of aliphatic carboxylic acids is 1. The largest absolute Gasteiger partial charge is 0.480 e. The Morgan fingerprint density at radius 2 is 1.70 bits per heavy atom. The van der Waals surface area contributed by atoms with Crippen LogP contribution in [-0.4, -0.2) is 48.8 Å². The summed E-state index contributed by atoms with van der Waals surface area (Å²) in [5, 5.41) is 11.1. The van der Waals surface area contributed by atoms with E-state index in [0.717, 1.165) is 19.3 Å². The van der Waals surface area contributed by atoms with Crippen LogP contribution in [0.1, 0.15) is 36.5 Å². The summed E-state index contributed by atoms with van der Waals surface area (Å²) >= 11 is 0. The fourth-order valence-corrected chi connectivity index (χ4v) is 3.89. The van der Waals surface area contributed by atoms with Crippen molar-refractivity contribution in [1.29, 1.82) is 0 Å². The molecule has 0 spiro atoms. The Bertz CT molecular complexity index is 678. The molecule has 1 atom stereocenters. The molecule has 2 N–H and O–H groups in total. The summed E-state index contributed by atoms with van der Waals surface area (Å²) in [5.74, 6) is -1.69. The number of carbonyl (C=O) groups excluding carboxylic acids is 1. The van der Waals surface area contributed by atoms with Gasteiger partial charge >= 0.3 is 5.97 Å². The normalized spacial score (nSPS) is 17.4. The number of rotatable bonds is 5. The third-order valence-corrected chi connectivity index (χ3v) is 5.70. The minimum atomic E-state index is -3.53. The number of carboxylic acid groups (broad SMARTS) is 1. The Morgan fingerprint density at radius 1 is 1.13 bits per heavy atom. The monoisotopic (exact) mass is 340 g/mol. The Labute approximate surface area is 135 Å². The zero-order chi connectivity index (χ0) is 17.0. The fourth-order valence-electron chi connectivity index (χ4n) is 2.37. The average Bonchev–Trinajstić information content (AvgIpc) is 2.55. The molecule has 23 heavy (non-hydrogen) atoms. The maximum absolute atomic E-state index is 12.5. The van der Waals surface area contributed by atoms with Crippen LogP contribution in [0.5, 0.6) is 0 Å². The van der Waals surface area contributed by atoms with Gasteiger partial charge in [0.1, 0.15) is 6.04 Å². The van der Waals surface area contributed by atoms with Gasteiger partial charge in [-0.05, 0) is 44.0 Å². The van der Waals surface area contributed by atoms with Crippen molar-refractivity contribution in [2.24, 2.45) is 0 Å². The predicted molar refractivity (Wildman–Crippen MR) is 83.6 cm³/mol. The first-order valence-electron chi connectivity index (χ1n) is 7.46. The average molecular weight is 340 g/mol. The van der Waals surface area contributed by atoms with Crippen molar-refractivity contribution in [3.8, 4) is 0 Å². The highest BCUT2D eigenvalue weighted by atomic mass is 32.2. The van der Waals surface area contributed by atoms with Gasteiger partial charge in [0, 0.05) is 18.7 Å². The first-order chi connectivity index (χ1) is 10.8. The van der Waals surface area contributed by atoms with Crippen molar-refractivity contribution in [3.63, 3.8) is 0 Å². The molecule has 0 aromatic heterocycles. The van der Waals surface area contributed by atoms with E-state index >= 15 is 0 Å². The van der Waals surface area contributed by atoms with Gasteiger partial charge in [-0.3, -0.25) is 9.59 Å². The predicted octanol–water partition coefficient (Wildman–Crippen LogP) is 1.06. The molecule has 0 radical (unpaired) electrons. The van der Waals surface area contributed by atoms with Crippen molar-refractivity contribution in [1.82, 2.24) is 9.62 Å². The van der Waals surface area contributed by atoms with Crippen LogP contribution in [0.15, 0.2) is 29.2 Å². The van der Waals surface area contributed by atoms with Crippen LogP contribution in [0.25, 0.3) is 0 Å². The summed E-state index contributed by atoms with van der Waals surface area (Å²) in [7, 11) is -3.53. The molecule has 0 unspecified atom stereocenters. The molecule has 1 heterocycles. The molecule has 126 valence electrons. The number of hydrogen-bond donors (Lipinski definition) is 2. The third kappa shape index (κ3) is 4.08. The minimum Gasteiger partial charge on any atom is -0.480 e. The molecule has 7 nitrogen and oxygen atoms in total. The van der Waals surface area contributed by atoms with E-state index < -0.39 is 27.9 Å². The first kappa shape index (κ1) is 17.4. The van der Waals surface area contributed by atoms with Gasteiger partial charge in [0.25, 0.3) is 5.91 Å². The lowest BCUT2D eigenvalue weighted by Gasteiger charge is -2.25. The minimum absolute atomic E-state index is 0.141. The summed E-state index contributed by atoms with van der Waals surface area (Å²) in [6, 6.07) is 4.52. The molecule has 1 aromatic rings. The number of amides is 1. The topological polar surface area (TPSA) is 104 Å². The summed E-state index contributed by atoms with van der Waals surface area (Å²) in [6.45, 7) is 2.39. The van der Waals surface area contributed by atoms with Crippen LogP contribution >= 0.6 is 0 Å². The van der Waals surface area contributed by atoms with Crippen LogP contribution in [0.2, 0.25) is 0 Å². The van der Waals surface area contributed by atoms with E-state index in [-0.39, 0.29) is 10.5 Å². The molecular formula is C15H20N2O5S. The molecule has 1 amide bonds. The Hall–Kier alpha value is -1.93. The van der Waals surface area contributed by atoms with Crippen molar-refractivity contribution >= 4 is 21.9 Å². The Kier molecular flexibility index (Phi) is 5.38. The number of piperidine rings is 1. The lowest BCUT2D eigenvalue weighted by atomic mass is 10.2. The van der Waals surface area contributed by atoms with Crippen LogP contribution in [0.3, 0.4) is 0 Å². The van der Waals surface area contributed by atoms with E-state index in [1.807, 2.05) is 0 Å². The fraction of sp³-hybridized carbons (Fsp3) is 0.467. The SMILES string of the molecule is C[C@H](NC(=O)c1ccc(S(=O)(=O)N2CCCCC2)cc1)C(=O)O. The molecular weight excluding hydrogens is 320 g/mol. The van der Waals surface area contributed by atoms with E-state index in [9.17, 15) is 18.0 Å². The zero-order valence-corrected chi connectivity index (χ0v) is 13.7. The summed E-state index contributed by atoms with van der Waals surface area (Å²) in [5.41, 5.74) is 0.218. The standard InChI is InChI=1S/C15H20N2O5S/c1-11(15(19)20)16-14(18)12-5-7-13(8-6-12)23(21,22)17-9-3-2-4-10-17/h5-8,11H,2-4,9-10H2,1H3,(H,16,18)(H,19,20)/t11-/m0/s1. The van der Waals surface area contributed by atoms with Gasteiger partial charge in [0.05, 0.1) is 4.90 Å². The van der Waals surface area contributed by atoms with Crippen molar-refractivity contribution in [2.75, 3.05) is 13.1 Å². The van der Waals surface area contributed by atoms with Crippen LogP contribution < -0.4 is 5.32 Å². The molecule has 0 bridgehead atoms. The number of hydrogen-bond acceptors (Lipinski definition) is 4. The maximum Gasteiger partial charge on any atom is 0.325 e. The van der Waals surface area contributed by atoms with E-state index in [1.54, 1.807) is 0 Å². The number of sulfonamides is 1. The summed E-state index contributed by atoms with van der Waals surface area (Å²) in [6.07, 6.45) is 2.74. The van der Waals surface area contributed by atoms with Gasteiger partial charge in [0.2, 0.25) is 10.0 Å². The van der Waals surface area contributed by atoms with Crippen molar-refractivity contribution in [3.05, 3.63) is 29.8 Å². The zero-order valence-electron chi connectivity index (χ0n) is 12.9. The molecule has 1 saturated heterocycles. The molecule has 1 aliphatic heterocycles. The number of carboxylic acids is 1. The first-order valence-corrected chi connectivity index (χ1v) is 8.90. The number of nitrogens with one attached hydrogen (secondary N) is 1. The van der Waals surface area contributed by atoms with Gasteiger partial charge in [-0.25, -0.2) is 8.42 Å². The molecule has 8 heteroatoms. The highest BCUT2D eigenvalue weighted by Crippen LogP contribution is 2.20. The molecule has 2 rings (SSSR count). The highest BCUT2D eigenvalue weighted by Gasteiger charge is 2.26. The highest BCUT2D eigenvalue weighted by molar-refractivity contribution is 7.89. The van der Waals surface area contributed by atoms with Crippen molar-refractivity contribution in [2.45, 2.75) is 37.1 Å². The van der Waals surface area contributed by atoms with Crippen molar-refractivity contribution < 1.29 is 23.1 Å². The van der Waals surface area contributed by atoms with Gasteiger partial charge in [-0.15, -0.1) is 0 Å². The molecule has 0 saturated carbocycles.